The first-order chi connectivity index (χ1) is 15.9. The van der Waals surface area contributed by atoms with Crippen LogP contribution in [0.5, 0.6) is 6.01 Å². The first-order valence-electron chi connectivity index (χ1n) is 10.6. The third kappa shape index (κ3) is 6.62. The van der Waals surface area contributed by atoms with Crippen molar-refractivity contribution in [2.75, 3.05) is 26.1 Å². The van der Waals surface area contributed by atoms with E-state index in [1.165, 1.54) is 4.57 Å². The number of benzene rings is 1. The molecule has 0 atom stereocenters. The van der Waals surface area contributed by atoms with Gasteiger partial charge >= 0.3 is 17.7 Å². The summed E-state index contributed by atoms with van der Waals surface area (Å²) in [4.78, 5) is 46.0. The predicted molar refractivity (Wildman–Crippen MR) is 120 cm³/mol. The molecule has 0 fully saturated rings. The molecule has 3 aromatic rings. The van der Waals surface area contributed by atoms with Gasteiger partial charge in [0, 0.05) is 26.4 Å². The number of carbonyl (C=O) groups excluding carboxylic acids is 1. The molecule has 0 radical (unpaired) electrons. The molecule has 33 heavy (non-hydrogen) atoms. The molecule has 3 rings (SSSR count). The first-order valence-corrected chi connectivity index (χ1v) is 10.6. The van der Waals surface area contributed by atoms with E-state index in [-0.39, 0.29) is 49.3 Å². The summed E-state index contributed by atoms with van der Waals surface area (Å²) in [6.45, 7) is 0.877. The highest BCUT2D eigenvalue weighted by molar-refractivity contribution is 5.82. The Bertz CT molecular complexity index is 1170. The number of nitrogen functional groups attached to an aromatic ring is 1. The summed E-state index contributed by atoms with van der Waals surface area (Å²) < 4.78 is 11.8. The van der Waals surface area contributed by atoms with Gasteiger partial charge in [-0.1, -0.05) is 24.3 Å². The van der Waals surface area contributed by atoms with Crippen molar-refractivity contribution in [3.05, 3.63) is 45.9 Å². The Balaban J connectivity index is 1.66. The third-order valence-corrected chi connectivity index (χ3v) is 5.05. The Morgan fingerprint density at radius 2 is 1.82 bits per heavy atom. The van der Waals surface area contributed by atoms with Crippen molar-refractivity contribution in [1.82, 2.24) is 19.5 Å². The Kier molecular flexibility index (Phi) is 8.14. The quantitative estimate of drug-likeness (QED) is 0.323. The monoisotopic (exact) mass is 457 g/mol. The number of aliphatic carboxylic acids is 1. The fourth-order valence-corrected chi connectivity index (χ4v) is 3.30. The van der Waals surface area contributed by atoms with Crippen molar-refractivity contribution in [3.8, 4) is 6.01 Å². The number of carboxylic acid groups (broad SMARTS) is 1. The number of nitrogens with one attached hydrogen (secondary N) is 1. The average molecular weight is 457 g/mol. The highest BCUT2D eigenvalue weighted by atomic mass is 16.5. The lowest BCUT2D eigenvalue weighted by Crippen LogP contribution is -2.18. The molecular formula is C22H27N5O6. The largest absolute Gasteiger partial charge is 0.481 e. The van der Waals surface area contributed by atoms with E-state index < -0.39 is 5.97 Å². The second-order valence-corrected chi connectivity index (χ2v) is 7.55. The van der Waals surface area contributed by atoms with Gasteiger partial charge in [0.05, 0.1) is 13.2 Å². The van der Waals surface area contributed by atoms with Crippen LogP contribution >= 0.6 is 0 Å². The van der Waals surface area contributed by atoms with Crippen LogP contribution in [0, 0.1) is 0 Å². The van der Waals surface area contributed by atoms with Crippen LogP contribution in [0.2, 0.25) is 0 Å². The minimum Gasteiger partial charge on any atom is -0.481 e. The summed E-state index contributed by atoms with van der Waals surface area (Å²) >= 11 is 0. The van der Waals surface area contributed by atoms with E-state index in [1.54, 1.807) is 7.11 Å². The molecule has 4 N–H and O–H groups in total. The van der Waals surface area contributed by atoms with Crippen molar-refractivity contribution in [1.29, 1.82) is 0 Å². The van der Waals surface area contributed by atoms with Crippen molar-refractivity contribution in [2.24, 2.45) is 0 Å². The number of anilines is 1. The van der Waals surface area contributed by atoms with E-state index in [4.69, 9.17) is 20.3 Å². The van der Waals surface area contributed by atoms with E-state index in [0.717, 1.165) is 11.1 Å². The third-order valence-electron chi connectivity index (χ3n) is 5.05. The van der Waals surface area contributed by atoms with Gasteiger partial charge in [-0.25, -0.2) is 4.79 Å². The lowest BCUT2D eigenvalue weighted by Gasteiger charge is -2.08. The number of aryl methyl sites for hydroxylation is 1. The zero-order valence-corrected chi connectivity index (χ0v) is 18.4. The fraction of sp³-hybridized carbons (Fsp3) is 0.409. The van der Waals surface area contributed by atoms with Crippen molar-refractivity contribution in [3.63, 3.8) is 0 Å². The number of fused-ring (bicyclic) bond motifs is 1. The minimum absolute atomic E-state index is 0.00495. The van der Waals surface area contributed by atoms with E-state index in [2.05, 4.69) is 15.0 Å². The van der Waals surface area contributed by atoms with Crippen LogP contribution in [-0.4, -0.2) is 56.7 Å². The number of carbonyl (C=O) groups is 2. The standard InChI is InChI=1S/C22H27N5O6/c1-32-11-12-33-21-25-19(23)18-20(26-21)27(22(31)24-18)13-15-7-5-14(6-8-15)9-10-16(28)3-2-4-17(29)30/h5-8H,2-4,9-13H2,1H3,(H,24,31)(H,29,30)(H2,23,25,26). The van der Waals surface area contributed by atoms with Gasteiger partial charge in [-0.2, -0.15) is 9.97 Å². The Morgan fingerprint density at radius 3 is 2.52 bits per heavy atom. The van der Waals surface area contributed by atoms with E-state index >= 15 is 0 Å². The number of hydrogen-bond acceptors (Lipinski definition) is 8. The van der Waals surface area contributed by atoms with Gasteiger partial charge in [-0.05, 0) is 24.0 Å². The van der Waals surface area contributed by atoms with Gasteiger partial charge in [0.25, 0.3) is 0 Å². The molecule has 176 valence electrons. The molecule has 0 saturated carbocycles. The summed E-state index contributed by atoms with van der Waals surface area (Å²) in [5, 5.41) is 8.64. The molecule has 11 heteroatoms. The van der Waals surface area contributed by atoms with Crippen molar-refractivity contribution in [2.45, 2.75) is 38.6 Å². The molecule has 1 aromatic carbocycles. The molecule has 11 nitrogen and oxygen atoms in total. The maximum absolute atomic E-state index is 12.5. The van der Waals surface area contributed by atoms with Crippen molar-refractivity contribution < 1.29 is 24.2 Å². The number of carboxylic acids is 1. The summed E-state index contributed by atoms with van der Waals surface area (Å²) in [6.07, 6.45) is 1.58. The van der Waals surface area contributed by atoms with Gasteiger partial charge in [0.1, 0.15) is 17.9 Å². The molecule has 0 amide bonds. The van der Waals surface area contributed by atoms with Gasteiger partial charge in [0.2, 0.25) is 0 Å². The normalized spacial score (nSPS) is 11.1. The van der Waals surface area contributed by atoms with E-state index in [0.29, 0.717) is 37.0 Å². The highest BCUT2D eigenvalue weighted by Crippen LogP contribution is 2.19. The number of aromatic amines is 1. The first kappa shape index (κ1) is 23.9. The molecular weight excluding hydrogens is 430 g/mol. The van der Waals surface area contributed by atoms with Crippen LogP contribution in [0.1, 0.15) is 36.8 Å². The Morgan fingerprint density at radius 1 is 1.09 bits per heavy atom. The smallest absolute Gasteiger partial charge is 0.328 e. The number of hydrogen-bond donors (Lipinski definition) is 3. The zero-order valence-electron chi connectivity index (χ0n) is 18.4. The Hall–Kier alpha value is -3.73. The number of aromatic nitrogens is 4. The maximum Gasteiger partial charge on any atom is 0.328 e. The number of nitrogens with two attached hydrogens (primary N) is 1. The van der Waals surface area contributed by atoms with Crippen LogP contribution in [0.3, 0.4) is 0 Å². The summed E-state index contributed by atoms with van der Waals surface area (Å²) in [5.74, 6) is -0.727. The number of methoxy groups -OCH3 is 1. The summed E-state index contributed by atoms with van der Waals surface area (Å²) in [6, 6.07) is 7.64. The van der Waals surface area contributed by atoms with Gasteiger partial charge in [-0.3, -0.25) is 14.2 Å². The second-order valence-electron chi connectivity index (χ2n) is 7.55. The van der Waals surface area contributed by atoms with Crippen LogP contribution in [0.15, 0.2) is 29.1 Å². The van der Waals surface area contributed by atoms with Gasteiger partial charge in [-0.15, -0.1) is 0 Å². The number of ether oxygens (including phenoxy) is 2. The number of H-pyrrole nitrogens is 1. The number of nitrogens with zero attached hydrogens (tertiary/aromatic N) is 3. The number of Topliss-reactive ketones (excluding diaryl/α,β-unsaturated/α-hetero) is 1. The van der Waals surface area contributed by atoms with Crippen LogP contribution < -0.4 is 16.2 Å². The van der Waals surface area contributed by atoms with Crippen LogP contribution in [-0.2, 0) is 27.3 Å². The van der Waals surface area contributed by atoms with Crippen LogP contribution in [0.25, 0.3) is 11.2 Å². The highest BCUT2D eigenvalue weighted by Gasteiger charge is 2.15. The molecule has 2 heterocycles. The second kappa shape index (κ2) is 11.2. The molecule has 0 bridgehead atoms. The lowest BCUT2D eigenvalue weighted by atomic mass is 10.0. The number of imidazole rings is 1. The molecule has 0 saturated heterocycles. The number of rotatable bonds is 13. The number of ketones is 1. The molecule has 0 aliphatic rings. The SMILES string of the molecule is COCCOc1nc(N)c2[nH]c(=O)n(Cc3ccc(CCC(=O)CCCC(=O)O)cc3)c2n1. The van der Waals surface area contributed by atoms with E-state index in [1.807, 2.05) is 24.3 Å². The molecule has 0 unspecified atom stereocenters. The van der Waals surface area contributed by atoms with Crippen LogP contribution in [0.4, 0.5) is 5.82 Å². The summed E-state index contributed by atoms with van der Waals surface area (Å²) in [5.41, 5.74) is 8.13. The fourth-order valence-electron chi connectivity index (χ4n) is 3.30. The average Bonchev–Trinajstić information content (AvgIpc) is 3.09. The molecule has 0 aliphatic carbocycles. The lowest BCUT2D eigenvalue weighted by molar-refractivity contribution is -0.137. The predicted octanol–water partition coefficient (Wildman–Crippen LogP) is 1.53. The topological polar surface area (TPSA) is 162 Å². The molecule has 0 spiro atoms. The summed E-state index contributed by atoms with van der Waals surface area (Å²) in [7, 11) is 1.55. The van der Waals surface area contributed by atoms with Gasteiger partial charge < -0.3 is 25.3 Å². The Labute approximate surface area is 189 Å². The maximum atomic E-state index is 12.5. The zero-order chi connectivity index (χ0) is 23.8. The minimum atomic E-state index is -0.892. The van der Waals surface area contributed by atoms with E-state index in [9.17, 15) is 14.4 Å². The van der Waals surface area contributed by atoms with Gasteiger partial charge in [0.15, 0.2) is 11.5 Å². The van der Waals surface area contributed by atoms with Crippen molar-refractivity contribution >= 4 is 28.7 Å². The molecule has 0 aliphatic heterocycles. The molecule has 2 aromatic heterocycles.